The molecule has 3 rings (SSSR count). The van der Waals surface area contributed by atoms with Crippen molar-refractivity contribution >= 4 is 17.8 Å². The molecule has 0 radical (unpaired) electrons. The number of nitrogens with one attached hydrogen (secondary N) is 3. The van der Waals surface area contributed by atoms with Crippen molar-refractivity contribution in [3.05, 3.63) is 35.9 Å². The van der Waals surface area contributed by atoms with E-state index in [2.05, 4.69) is 10.7 Å². The number of hydrogen-bond donors (Lipinski definition) is 3. The number of hydrazine groups is 1. The van der Waals surface area contributed by atoms with Crippen LogP contribution in [-0.4, -0.2) is 48.0 Å². The molecular weight excluding hydrogens is 320 g/mol. The Labute approximate surface area is 147 Å². The summed E-state index contributed by atoms with van der Waals surface area (Å²) in [5.74, 6) is -0.703. The van der Waals surface area contributed by atoms with Crippen LogP contribution in [0.1, 0.15) is 31.7 Å². The van der Waals surface area contributed by atoms with Gasteiger partial charge in [-0.05, 0) is 25.3 Å². The van der Waals surface area contributed by atoms with Crippen molar-refractivity contribution in [3.63, 3.8) is 0 Å². The van der Waals surface area contributed by atoms with Crippen molar-refractivity contribution < 1.29 is 19.3 Å². The summed E-state index contributed by atoms with van der Waals surface area (Å²) in [6.07, 6.45) is 3.38. The Kier molecular flexibility index (Phi) is 5.03. The van der Waals surface area contributed by atoms with E-state index >= 15 is 0 Å². The lowest BCUT2D eigenvalue weighted by Gasteiger charge is -2.21. The lowest BCUT2D eigenvalue weighted by Crippen LogP contribution is -3.11. The van der Waals surface area contributed by atoms with Gasteiger partial charge in [0.05, 0.1) is 13.1 Å². The van der Waals surface area contributed by atoms with Gasteiger partial charge in [-0.1, -0.05) is 30.3 Å². The molecule has 4 amide bonds. The molecule has 0 unspecified atom stereocenters. The van der Waals surface area contributed by atoms with Crippen LogP contribution >= 0.6 is 0 Å². The minimum Gasteiger partial charge on any atom is -0.327 e. The van der Waals surface area contributed by atoms with Crippen molar-refractivity contribution in [1.82, 2.24) is 15.8 Å². The minimum absolute atomic E-state index is 0.289. The van der Waals surface area contributed by atoms with Crippen LogP contribution < -0.4 is 15.6 Å². The fourth-order valence-corrected chi connectivity index (χ4v) is 3.44. The van der Waals surface area contributed by atoms with E-state index < -0.39 is 17.5 Å². The minimum atomic E-state index is -0.999. The SMILES string of the molecule is C[C@@]1(CCc2ccccc2)NC(=O)N(NC(=O)C[NH+]2CCCC2)C1=O. The first kappa shape index (κ1) is 17.4. The number of quaternary nitrogens is 1. The van der Waals surface area contributed by atoms with Crippen LogP contribution in [0.4, 0.5) is 4.79 Å². The number of nitrogens with zero attached hydrogens (tertiary/aromatic N) is 1. The van der Waals surface area contributed by atoms with E-state index in [1.54, 1.807) is 6.92 Å². The van der Waals surface area contributed by atoms with Gasteiger partial charge >= 0.3 is 6.03 Å². The van der Waals surface area contributed by atoms with Gasteiger partial charge in [0, 0.05) is 12.8 Å². The van der Waals surface area contributed by atoms with Crippen molar-refractivity contribution in [2.24, 2.45) is 0 Å². The second kappa shape index (κ2) is 7.23. The summed E-state index contributed by atoms with van der Waals surface area (Å²) in [6, 6.07) is 9.24. The van der Waals surface area contributed by atoms with E-state index in [4.69, 9.17) is 0 Å². The second-order valence-corrected chi connectivity index (χ2v) is 7.06. The third-order valence-electron chi connectivity index (χ3n) is 4.98. The number of benzene rings is 1. The number of carbonyl (C=O) groups excluding carboxylic acids is 3. The number of likely N-dealkylation sites (tertiary alicyclic amines) is 1. The van der Waals surface area contributed by atoms with Gasteiger partial charge in [0.2, 0.25) is 0 Å². The number of urea groups is 1. The zero-order valence-corrected chi connectivity index (χ0v) is 14.5. The van der Waals surface area contributed by atoms with E-state index in [9.17, 15) is 14.4 Å². The van der Waals surface area contributed by atoms with Crippen molar-refractivity contribution in [3.8, 4) is 0 Å². The third-order valence-corrected chi connectivity index (χ3v) is 4.98. The number of hydrogen-bond acceptors (Lipinski definition) is 3. The maximum absolute atomic E-state index is 12.7. The van der Waals surface area contributed by atoms with Gasteiger partial charge in [-0.15, -0.1) is 0 Å². The molecule has 25 heavy (non-hydrogen) atoms. The molecule has 0 bridgehead atoms. The number of rotatable bonds is 6. The molecule has 134 valence electrons. The first-order chi connectivity index (χ1) is 12.0. The molecule has 0 saturated carbocycles. The zero-order valence-electron chi connectivity index (χ0n) is 14.5. The summed E-state index contributed by atoms with van der Waals surface area (Å²) in [5, 5.41) is 3.55. The van der Waals surface area contributed by atoms with Gasteiger partial charge in [0.1, 0.15) is 5.54 Å². The molecule has 2 saturated heterocycles. The Morgan fingerprint density at radius 3 is 2.60 bits per heavy atom. The average Bonchev–Trinajstić information content (AvgIpc) is 3.17. The summed E-state index contributed by atoms with van der Waals surface area (Å²) in [6.45, 7) is 3.91. The van der Waals surface area contributed by atoms with Crippen LogP contribution in [0, 0.1) is 0 Å². The molecule has 3 N–H and O–H groups in total. The predicted molar refractivity (Wildman–Crippen MR) is 91.5 cm³/mol. The van der Waals surface area contributed by atoms with Gasteiger partial charge in [0.15, 0.2) is 6.54 Å². The zero-order chi connectivity index (χ0) is 17.9. The van der Waals surface area contributed by atoms with Gasteiger partial charge in [0.25, 0.3) is 11.8 Å². The Morgan fingerprint density at radius 2 is 1.92 bits per heavy atom. The average molecular weight is 345 g/mol. The van der Waals surface area contributed by atoms with E-state index in [1.165, 1.54) is 4.90 Å². The molecule has 2 aliphatic heterocycles. The molecular formula is C18H25N4O3+. The van der Waals surface area contributed by atoms with E-state index in [0.29, 0.717) is 12.8 Å². The molecule has 7 heteroatoms. The summed E-state index contributed by atoms with van der Waals surface area (Å²) in [5.41, 5.74) is 2.57. The number of imide groups is 1. The van der Waals surface area contributed by atoms with Gasteiger partial charge in [-0.2, -0.15) is 5.01 Å². The molecule has 1 aromatic rings. The van der Waals surface area contributed by atoms with Crippen LogP contribution in [0.15, 0.2) is 30.3 Å². The third kappa shape index (κ3) is 3.99. The summed E-state index contributed by atoms with van der Waals surface area (Å²) in [7, 11) is 0. The second-order valence-electron chi connectivity index (χ2n) is 7.06. The smallest absolute Gasteiger partial charge is 0.327 e. The van der Waals surface area contributed by atoms with Crippen LogP contribution in [0.25, 0.3) is 0 Å². The van der Waals surface area contributed by atoms with Gasteiger partial charge < -0.3 is 10.2 Å². The molecule has 7 nitrogen and oxygen atoms in total. The largest absolute Gasteiger partial charge is 0.344 e. The predicted octanol–water partition coefficient (Wildman–Crippen LogP) is -0.360. The topological polar surface area (TPSA) is 83.0 Å². The Balaban J connectivity index is 1.57. The molecule has 2 fully saturated rings. The number of carbonyl (C=O) groups is 3. The molecule has 0 spiro atoms. The first-order valence-electron chi connectivity index (χ1n) is 8.82. The molecule has 2 aliphatic rings. The lowest BCUT2D eigenvalue weighted by atomic mass is 9.93. The van der Waals surface area contributed by atoms with E-state index in [0.717, 1.165) is 36.5 Å². The van der Waals surface area contributed by atoms with E-state index in [1.807, 2.05) is 30.3 Å². The lowest BCUT2D eigenvalue weighted by molar-refractivity contribution is -0.879. The van der Waals surface area contributed by atoms with Crippen LogP contribution in [0.5, 0.6) is 0 Å². The Hall–Kier alpha value is -2.41. The summed E-state index contributed by atoms with van der Waals surface area (Å²) >= 11 is 0. The molecule has 0 aromatic heterocycles. The molecule has 1 atom stereocenters. The van der Waals surface area contributed by atoms with E-state index in [-0.39, 0.29) is 12.5 Å². The highest BCUT2D eigenvalue weighted by Crippen LogP contribution is 2.22. The van der Waals surface area contributed by atoms with Gasteiger partial charge in [-0.3, -0.25) is 15.0 Å². The number of amides is 4. The monoisotopic (exact) mass is 345 g/mol. The van der Waals surface area contributed by atoms with Crippen LogP contribution in [0.2, 0.25) is 0 Å². The van der Waals surface area contributed by atoms with Crippen molar-refractivity contribution in [1.29, 1.82) is 0 Å². The quantitative estimate of drug-likeness (QED) is 0.616. The van der Waals surface area contributed by atoms with Crippen molar-refractivity contribution in [2.75, 3.05) is 19.6 Å². The van der Waals surface area contributed by atoms with Crippen LogP contribution in [0.3, 0.4) is 0 Å². The molecule has 0 aliphatic carbocycles. The Morgan fingerprint density at radius 1 is 1.24 bits per heavy atom. The highest BCUT2D eigenvalue weighted by molar-refractivity contribution is 6.07. The summed E-state index contributed by atoms with van der Waals surface area (Å²) in [4.78, 5) is 38.1. The molecule has 1 aromatic carbocycles. The normalized spacial score (nSPS) is 23.8. The maximum atomic E-state index is 12.7. The summed E-state index contributed by atoms with van der Waals surface area (Å²) < 4.78 is 0. The van der Waals surface area contributed by atoms with Gasteiger partial charge in [-0.25, -0.2) is 4.79 Å². The maximum Gasteiger partial charge on any atom is 0.344 e. The fourth-order valence-electron chi connectivity index (χ4n) is 3.44. The highest BCUT2D eigenvalue weighted by atomic mass is 16.2. The Bertz CT molecular complexity index is 658. The molecule has 2 heterocycles. The number of aryl methyl sites for hydroxylation is 1. The van der Waals surface area contributed by atoms with Crippen molar-refractivity contribution in [2.45, 2.75) is 38.1 Å². The highest BCUT2D eigenvalue weighted by Gasteiger charge is 2.48. The standard InChI is InChI=1S/C18H24N4O3/c1-18(10-9-14-7-3-2-4-8-14)16(24)22(17(25)19-18)20-15(23)13-21-11-5-6-12-21/h2-4,7-8H,5-6,9-13H2,1H3,(H,19,25)(H,20,23)/p+1/t18-/m0/s1. The first-order valence-corrected chi connectivity index (χ1v) is 8.82. The fraction of sp³-hybridized carbons (Fsp3) is 0.500. The van der Waals surface area contributed by atoms with Crippen LogP contribution in [-0.2, 0) is 16.0 Å².